The molecular formula is C18H19N2O5S-. The maximum atomic E-state index is 12.6. The van der Waals surface area contributed by atoms with Crippen LogP contribution in [0.1, 0.15) is 34.6 Å². The van der Waals surface area contributed by atoms with E-state index in [1.165, 1.54) is 52.8 Å². The molecule has 2 aromatic rings. The molecule has 0 radical (unpaired) electrons. The van der Waals surface area contributed by atoms with Crippen LogP contribution in [0.2, 0.25) is 0 Å². The molecule has 0 aliphatic carbocycles. The highest BCUT2D eigenvalue weighted by Crippen LogP contribution is 2.18. The summed E-state index contributed by atoms with van der Waals surface area (Å²) in [6, 6.07) is 11.3. The summed E-state index contributed by atoms with van der Waals surface area (Å²) in [6.45, 7) is 4.15. The molecule has 8 heteroatoms. The summed E-state index contributed by atoms with van der Waals surface area (Å²) in [5.41, 5.74) is 0.564. The average Bonchev–Trinajstić information content (AvgIpc) is 2.63. The van der Waals surface area contributed by atoms with Gasteiger partial charge in [-0.15, -0.1) is 0 Å². The second-order valence-corrected chi connectivity index (χ2v) is 7.37. The van der Waals surface area contributed by atoms with Crippen molar-refractivity contribution in [3.8, 4) is 0 Å². The van der Waals surface area contributed by atoms with Crippen molar-refractivity contribution in [1.82, 2.24) is 4.31 Å². The van der Waals surface area contributed by atoms with Gasteiger partial charge < -0.3 is 15.2 Å². The van der Waals surface area contributed by atoms with Gasteiger partial charge in [-0.3, -0.25) is 4.79 Å². The highest BCUT2D eigenvalue weighted by molar-refractivity contribution is 7.89. The fraction of sp³-hybridized carbons (Fsp3) is 0.222. The van der Waals surface area contributed by atoms with Gasteiger partial charge in [-0.05, 0) is 35.9 Å². The van der Waals surface area contributed by atoms with Gasteiger partial charge in [-0.25, -0.2) is 8.42 Å². The number of sulfonamides is 1. The zero-order chi connectivity index (χ0) is 19.3. The molecule has 7 nitrogen and oxygen atoms in total. The van der Waals surface area contributed by atoms with E-state index in [1.54, 1.807) is 13.8 Å². The maximum Gasteiger partial charge on any atom is 0.255 e. The van der Waals surface area contributed by atoms with Gasteiger partial charge in [-0.2, -0.15) is 4.31 Å². The summed E-state index contributed by atoms with van der Waals surface area (Å²) in [6.07, 6.45) is 0. The van der Waals surface area contributed by atoms with Gasteiger partial charge in [0, 0.05) is 24.3 Å². The Balaban J connectivity index is 2.24. The van der Waals surface area contributed by atoms with E-state index >= 15 is 0 Å². The molecular weight excluding hydrogens is 356 g/mol. The molecule has 0 aromatic heterocycles. The third-order valence-electron chi connectivity index (χ3n) is 3.82. The molecule has 0 aliphatic heterocycles. The number of nitrogens with zero attached hydrogens (tertiary/aromatic N) is 1. The second kappa shape index (κ2) is 8.11. The number of nitrogens with one attached hydrogen (secondary N) is 1. The van der Waals surface area contributed by atoms with Crippen molar-refractivity contribution in [3.63, 3.8) is 0 Å². The number of anilines is 1. The Morgan fingerprint density at radius 3 is 2.15 bits per heavy atom. The highest BCUT2D eigenvalue weighted by Gasteiger charge is 2.22. The first kappa shape index (κ1) is 19.6. The number of amides is 1. The lowest BCUT2D eigenvalue weighted by Gasteiger charge is -2.18. The van der Waals surface area contributed by atoms with Crippen LogP contribution in [0.4, 0.5) is 5.69 Å². The van der Waals surface area contributed by atoms with E-state index in [2.05, 4.69) is 5.32 Å². The molecule has 1 amide bonds. The normalized spacial score (nSPS) is 11.3. The fourth-order valence-corrected chi connectivity index (χ4v) is 3.91. The van der Waals surface area contributed by atoms with Gasteiger partial charge in [0.05, 0.1) is 10.9 Å². The number of rotatable bonds is 7. The van der Waals surface area contributed by atoms with E-state index in [0.29, 0.717) is 18.8 Å². The summed E-state index contributed by atoms with van der Waals surface area (Å²) in [5.74, 6) is -1.81. The molecule has 2 aromatic carbocycles. The number of hydrogen-bond donors (Lipinski definition) is 1. The first-order chi connectivity index (χ1) is 12.3. The number of aromatic carboxylic acids is 1. The van der Waals surface area contributed by atoms with Gasteiger partial charge in [-0.1, -0.05) is 32.0 Å². The Morgan fingerprint density at radius 1 is 1.00 bits per heavy atom. The van der Waals surface area contributed by atoms with Crippen LogP contribution in [-0.4, -0.2) is 37.7 Å². The van der Waals surface area contributed by atoms with Gasteiger partial charge in [0.25, 0.3) is 5.91 Å². The topological polar surface area (TPSA) is 107 Å². The molecule has 0 heterocycles. The Kier molecular flexibility index (Phi) is 6.12. The zero-order valence-electron chi connectivity index (χ0n) is 14.4. The van der Waals surface area contributed by atoms with Crippen molar-refractivity contribution in [2.45, 2.75) is 18.7 Å². The molecule has 1 N–H and O–H groups in total. The monoisotopic (exact) mass is 375 g/mol. The molecule has 0 unspecified atom stereocenters. The highest BCUT2D eigenvalue weighted by atomic mass is 32.2. The minimum absolute atomic E-state index is 0.00434. The predicted molar refractivity (Wildman–Crippen MR) is 95.3 cm³/mol. The van der Waals surface area contributed by atoms with Crippen LogP contribution in [0.3, 0.4) is 0 Å². The van der Waals surface area contributed by atoms with Crippen molar-refractivity contribution in [2.24, 2.45) is 0 Å². The SMILES string of the molecule is CCN(CC)S(=O)(=O)c1cccc(C(=O)Nc2ccc(C(=O)[O-])cc2)c1. The van der Waals surface area contributed by atoms with Crippen LogP contribution in [0, 0.1) is 0 Å². The van der Waals surface area contributed by atoms with Crippen LogP contribution in [0.15, 0.2) is 53.4 Å². The Bertz CT molecular complexity index is 903. The first-order valence-corrected chi connectivity index (χ1v) is 9.46. The molecule has 26 heavy (non-hydrogen) atoms. The fourth-order valence-electron chi connectivity index (χ4n) is 2.40. The molecule has 0 atom stereocenters. The van der Waals surface area contributed by atoms with Crippen molar-refractivity contribution in [3.05, 3.63) is 59.7 Å². The lowest BCUT2D eigenvalue weighted by molar-refractivity contribution is -0.255. The third kappa shape index (κ3) is 4.27. The summed E-state index contributed by atoms with van der Waals surface area (Å²) in [4.78, 5) is 23.1. The number of benzene rings is 2. The van der Waals surface area contributed by atoms with Crippen LogP contribution >= 0.6 is 0 Å². The van der Waals surface area contributed by atoms with Crippen molar-refractivity contribution in [2.75, 3.05) is 18.4 Å². The van der Waals surface area contributed by atoms with Crippen LogP contribution in [-0.2, 0) is 10.0 Å². The number of carboxylic acid groups (broad SMARTS) is 1. The number of carboxylic acids is 1. The molecule has 0 saturated heterocycles. The summed E-state index contributed by atoms with van der Waals surface area (Å²) in [7, 11) is -3.66. The molecule has 138 valence electrons. The number of carbonyl (C=O) groups is 2. The Hall–Kier alpha value is -2.71. The minimum Gasteiger partial charge on any atom is -0.545 e. The molecule has 0 aliphatic rings. The zero-order valence-corrected chi connectivity index (χ0v) is 15.2. The van der Waals surface area contributed by atoms with Crippen LogP contribution < -0.4 is 10.4 Å². The van der Waals surface area contributed by atoms with E-state index in [-0.39, 0.29) is 16.0 Å². The quantitative estimate of drug-likeness (QED) is 0.786. The van der Waals surface area contributed by atoms with Crippen molar-refractivity contribution < 1.29 is 23.1 Å². The van der Waals surface area contributed by atoms with Crippen molar-refractivity contribution in [1.29, 1.82) is 0 Å². The van der Waals surface area contributed by atoms with E-state index < -0.39 is 21.9 Å². The van der Waals surface area contributed by atoms with Crippen molar-refractivity contribution >= 4 is 27.6 Å². The molecule has 2 rings (SSSR count). The summed E-state index contributed by atoms with van der Waals surface area (Å²) < 4.78 is 26.4. The predicted octanol–water partition coefficient (Wildman–Crippen LogP) is 1.33. The lowest BCUT2D eigenvalue weighted by atomic mass is 10.2. The Morgan fingerprint density at radius 2 is 1.62 bits per heavy atom. The van der Waals surface area contributed by atoms with E-state index in [1.807, 2.05) is 0 Å². The second-order valence-electron chi connectivity index (χ2n) is 5.44. The van der Waals surface area contributed by atoms with Crippen LogP contribution in [0.25, 0.3) is 0 Å². The standard InChI is InChI=1S/C18H20N2O5S/c1-3-20(4-2)26(24,25)16-7-5-6-14(12-16)17(21)19-15-10-8-13(9-11-15)18(22)23/h5-12H,3-4H2,1-2H3,(H,19,21)(H,22,23)/p-1. The third-order valence-corrected chi connectivity index (χ3v) is 5.86. The van der Waals surface area contributed by atoms with Gasteiger partial charge in [0.2, 0.25) is 10.0 Å². The number of carbonyl (C=O) groups excluding carboxylic acids is 2. The minimum atomic E-state index is -3.66. The maximum absolute atomic E-state index is 12.6. The summed E-state index contributed by atoms with van der Waals surface area (Å²) >= 11 is 0. The largest absolute Gasteiger partial charge is 0.545 e. The van der Waals surface area contributed by atoms with Gasteiger partial charge >= 0.3 is 0 Å². The van der Waals surface area contributed by atoms with E-state index in [4.69, 9.17) is 0 Å². The molecule has 0 fully saturated rings. The van der Waals surface area contributed by atoms with E-state index in [9.17, 15) is 23.1 Å². The van der Waals surface area contributed by atoms with E-state index in [0.717, 1.165) is 0 Å². The molecule has 0 bridgehead atoms. The number of hydrogen-bond acceptors (Lipinski definition) is 5. The smallest absolute Gasteiger partial charge is 0.255 e. The molecule has 0 saturated carbocycles. The lowest BCUT2D eigenvalue weighted by Crippen LogP contribution is -2.30. The van der Waals surface area contributed by atoms with Gasteiger partial charge in [0.15, 0.2) is 0 Å². The average molecular weight is 375 g/mol. The van der Waals surface area contributed by atoms with Crippen LogP contribution in [0.5, 0.6) is 0 Å². The Labute approximate surface area is 152 Å². The van der Waals surface area contributed by atoms with Gasteiger partial charge in [0.1, 0.15) is 0 Å². The molecule has 0 spiro atoms. The first-order valence-electron chi connectivity index (χ1n) is 8.02. The summed E-state index contributed by atoms with van der Waals surface area (Å²) in [5, 5.41) is 13.3.